The molecular weight excluding hydrogens is 438 g/mol. The molecule has 0 spiro atoms. The molecule has 1 unspecified atom stereocenters. The van der Waals surface area contributed by atoms with Crippen molar-refractivity contribution in [1.82, 2.24) is 4.98 Å². The summed E-state index contributed by atoms with van der Waals surface area (Å²) in [5.41, 5.74) is 5.54. The fraction of sp³-hybridized carbons (Fsp3) is 0.227. The van der Waals surface area contributed by atoms with Crippen LogP contribution < -0.4 is 14.9 Å². The molecular formula is C22H22ClN3O4S. The van der Waals surface area contributed by atoms with E-state index in [1.54, 1.807) is 25.3 Å². The Balaban J connectivity index is 1.73. The Morgan fingerprint density at radius 3 is 2.81 bits per heavy atom. The van der Waals surface area contributed by atoms with Crippen LogP contribution in [0.1, 0.15) is 19.4 Å². The molecule has 162 valence electrons. The van der Waals surface area contributed by atoms with E-state index < -0.39 is 12.1 Å². The first-order valence-electron chi connectivity index (χ1n) is 9.52. The fourth-order valence-electron chi connectivity index (χ4n) is 2.66. The van der Waals surface area contributed by atoms with E-state index in [1.807, 2.05) is 42.6 Å². The van der Waals surface area contributed by atoms with Crippen LogP contribution in [0.3, 0.4) is 0 Å². The lowest BCUT2D eigenvalue weighted by atomic mass is 10.2. The number of hydrogen-bond donors (Lipinski definition) is 1. The fourth-order valence-corrected chi connectivity index (χ4v) is 3.59. The highest BCUT2D eigenvalue weighted by atomic mass is 35.5. The van der Waals surface area contributed by atoms with Gasteiger partial charge in [0, 0.05) is 10.9 Å². The number of thiazole rings is 1. The highest BCUT2D eigenvalue weighted by Gasteiger charge is 2.20. The smallest absolute Gasteiger partial charge is 0.346 e. The van der Waals surface area contributed by atoms with Crippen molar-refractivity contribution in [2.24, 2.45) is 5.10 Å². The lowest BCUT2D eigenvalue weighted by Crippen LogP contribution is -2.25. The van der Waals surface area contributed by atoms with Gasteiger partial charge in [0.2, 0.25) is 5.13 Å². The number of esters is 1. The third-order valence-electron chi connectivity index (χ3n) is 4.11. The predicted molar refractivity (Wildman–Crippen MR) is 123 cm³/mol. The summed E-state index contributed by atoms with van der Waals surface area (Å²) in [5.74, 6) is 0.179. The molecule has 0 aliphatic heterocycles. The molecule has 3 rings (SSSR count). The average Bonchev–Trinajstić information content (AvgIpc) is 3.25. The largest absolute Gasteiger partial charge is 0.490 e. The second kappa shape index (κ2) is 10.8. The third-order valence-corrected chi connectivity index (χ3v) is 5.13. The third kappa shape index (κ3) is 5.96. The van der Waals surface area contributed by atoms with Gasteiger partial charge in [-0.2, -0.15) is 5.10 Å². The average molecular weight is 460 g/mol. The first kappa shape index (κ1) is 22.6. The van der Waals surface area contributed by atoms with E-state index in [0.717, 1.165) is 11.3 Å². The van der Waals surface area contributed by atoms with Crippen molar-refractivity contribution in [1.29, 1.82) is 0 Å². The van der Waals surface area contributed by atoms with Gasteiger partial charge >= 0.3 is 5.97 Å². The van der Waals surface area contributed by atoms with Crippen LogP contribution in [0.2, 0.25) is 5.02 Å². The minimum Gasteiger partial charge on any atom is -0.490 e. The molecule has 3 aromatic rings. The van der Waals surface area contributed by atoms with E-state index in [2.05, 4.69) is 15.5 Å². The van der Waals surface area contributed by atoms with Gasteiger partial charge in [0.25, 0.3) is 0 Å². The molecule has 7 nitrogen and oxygen atoms in total. The van der Waals surface area contributed by atoms with Crippen molar-refractivity contribution in [3.8, 4) is 22.8 Å². The molecule has 9 heteroatoms. The van der Waals surface area contributed by atoms with E-state index >= 15 is 0 Å². The van der Waals surface area contributed by atoms with Crippen LogP contribution in [-0.2, 0) is 9.53 Å². The summed E-state index contributed by atoms with van der Waals surface area (Å²) in [4.78, 5) is 16.2. The van der Waals surface area contributed by atoms with Crippen LogP contribution in [0.4, 0.5) is 5.13 Å². The summed E-state index contributed by atoms with van der Waals surface area (Å²) in [6, 6.07) is 13.3. The predicted octanol–water partition coefficient (Wildman–Crippen LogP) is 5.25. The van der Waals surface area contributed by atoms with Crippen LogP contribution in [-0.4, -0.2) is 37.0 Å². The van der Waals surface area contributed by atoms with Crippen molar-refractivity contribution in [2.75, 3.05) is 19.1 Å². The van der Waals surface area contributed by atoms with Gasteiger partial charge in [-0.15, -0.1) is 11.3 Å². The Hall–Kier alpha value is -3.10. The molecule has 31 heavy (non-hydrogen) atoms. The molecule has 0 aliphatic rings. The minimum atomic E-state index is -0.827. The molecule has 1 heterocycles. The number of methoxy groups -OCH3 is 1. The van der Waals surface area contributed by atoms with Gasteiger partial charge in [-0.1, -0.05) is 41.9 Å². The molecule has 0 saturated heterocycles. The monoisotopic (exact) mass is 459 g/mol. The summed E-state index contributed by atoms with van der Waals surface area (Å²) in [5, 5.41) is 7.16. The lowest BCUT2D eigenvalue weighted by Gasteiger charge is -2.17. The number of anilines is 1. The van der Waals surface area contributed by atoms with Crippen molar-refractivity contribution in [2.45, 2.75) is 20.0 Å². The lowest BCUT2D eigenvalue weighted by molar-refractivity contribution is -0.147. The van der Waals surface area contributed by atoms with Gasteiger partial charge in [-0.05, 0) is 31.5 Å². The SMILES string of the molecule is CCOc1cc(C=NNc2nc(-c3ccccc3)cs2)cc(Cl)c1OC(C)C(=O)OC. The zero-order valence-electron chi connectivity index (χ0n) is 17.3. The molecule has 1 N–H and O–H groups in total. The number of aromatic nitrogens is 1. The highest BCUT2D eigenvalue weighted by Crippen LogP contribution is 2.37. The normalized spacial score (nSPS) is 11.9. The summed E-state index contributed by atoms with van der Waals surface area (Å²) < 4.78 is 16.0. The Bertz CT molecular complexity index is 1060. The second-order valence-corrected chi connectivity index (χ2v) is 7.59. The summed E-state index contributed by atoms with van der Waals surface area (Å²) in [7, 11) is 1.30. The Morgan fingerprint density at radius 2 is 2.10 bits per heavy atom. The molecule has 2 aromatic carbocycles. The van der Waals surface area contributed by atoms with E-state index in [-0.39, 0.29) is 5.75 Å². The van der Waals surface area contributed by atoms with Gasteiger partial charge in [0.1, 0.15) is 0 Å². The summed E-state index contributed by atoms with van der Waals surface area (Å²) in [6.45, 7) is 3.82. The van der Waals surface area contributed by atoms with Crippen molar-refractivity contribution in [3.05, 3.63) is 58.4 Å². The maximum Gasteiger partial charge on any atom is 0.346 e. The number of carbonyl (C=O) groups excluding carboxylic acids is 1. The topological polar surface area (TPSA) is 82.0 Å². The Labute approximate surface area is 189 Å². The zero-order chi connectivity index (χ0) is 22.2. The van der Waals surface area contributed by atoms with Crippen LogP contribution in [0, 0.1) is 0 Å². The van der Waals surface area contributed by atoms with Crippen molar-refractivity contribution < 1.29 is 19.0 Å². The summed E-state index contributed by atoms with van der Waals surface area (Å²) >= 11 is 7.84. The number of hydrogen-bond acceptors (Lipinski definition) is 8. The molecule has 0 fully saturated rings. The Kier molecular flexibility index (Phi) is 7.86. The second-order valence-electron chi connectivity index (χ2n) is 6.32. The molecule has 0 saturated carbocycles. The first-order chi connectivity index (χ1) is 15.0. The number of benzene rings is 2. The van der Waals surface area contributed by atoms with Gasteiger partial charge in [-0.3, -0.25) is 5.43 Å². The molecule has 0 radical (unpaired) electrons. The molecule has 1 atom stereocenters. The van der Waals surface area contributed by atoms with Crippen LogP contribution in [0.5, 0.6) is 11.5 Å². The van der Waals surface area contributed by atoms with E-state index in [1.165, 1.54) is 18.4 Å². The van der Waals surface area contributed by atoms with Crippen LogP contribution in [0.15, 0.2) is 52.9 Å². The van der Waals surface area contributed by atoms with Crippen molar-refractivity contribution in [3.63, 3.8) is 0 Å². The van der Waals surface area contributed by atoms with Gasteiger partial charge in [-0.25, -0.2) is 9.78 Å². The number of carbonyl (C=O) groups is 1. The quantitative estimate of drug-likeness (QED) is 0.267. The number of halogens is 1. The number of nitrogens with one attached hydrogen (secondary N) is 1. The molecule has 0 aliphatic carbocycles. The number of nitrogens with zero attached hydrogens (tertiary/aromatic N) is 2. The van der Waals surface area contributed by atoms with Crippen LogP contribution >= 0.6 is 22.9 Å². The van der Waals surface area contributed by atoms with E-state index in [4.69, 9.17) is 25.8 Å². The number of hydrazone groups is 1. The summed E-state index contributed by atoms with van der Waals surface area (Å²) in [6.07, 6.45) is 0.775. The number of rotatable bonds is 9. The zero-order valence-corrected chi connectivity index (χ0v) is 18.9. The molecule has 1 aromatic heterocycles. The van der Waals surface area contributed by atoms with E-state index in [0.29, 0.717) is 28.1 Å². The van der Waals surface area contributed by atoms with Gasteiger partial charge in [0.15, 0.2) is 17.6 Å². The maximum absolute atomic E-state index is 11.7. The van der Waals surface area contributed by atoms with Crippen molar-refractivity contribution >= 4 is 40.3 Å². The maximum atomic E-state index is 11.7. The van der Waals surface area contributed by atoms with Crippen LogP contribution in [0.25, 0.3) is 11.3 Å². The molecule has 0 amide bonds. The van der Waals surface area contributed by atoms with Gasteiger partial charge < -0.3 is 14.2 Å². The highest BCUT2D eigenvalue weighted by molar-refractivity contribution is 7.14. The Morgan fingerprint density at radius 1 is 1.32 bits per heavy atom. The number of ether oxygens (including phenoxy) is 3. The first-order valence-corrected chi connectivity index (χ1v) is 10.8. The van der Waals surface area contributed by atoms with E-state index in [9.17, 15) is 4.79 Å². The minimum absolute atomic E-state index is 0.277. The molecule has 0 bridgehead atoms. The standard InChI is InChI=1S/C22H22ClN3O4S/c1-4-29-19-11-15(10-17(23)20(19)30-14(2)21(27)28-3)12-24-26-22-25-18(13-31-22)16-8-6-5-7-9-16/h5-14H,4H2,1-3H3,(H,25,26). The van der Waals surface area contributed by atoms with Gasteiger partial charge in [0.05, 0.1) is 30.6 Å².